The van der Waals surface area contributed by atoms with Gasteiger partial charge in [-0.15, -0.1) is 0 Å². The molecule has 0 radical (unpaired) electrons. The highest BCUT2D eigenvalue weighted by atomic mass is 15.0. The fourth-order valence-corrected chi connectivity index (χ4v) is 1.49. The van der Waals surface area contributed by atoms with Crippen LogP contribution in [0, 0.1) is 6.92 Å². The number of nitrogen functional groups attached to an aromatic ring is 1. The monoisotopic (exact) mass is 202 g/mol. The van der Waals surface area contributed by atoms with E-state index in [0.717, 1.165) is 23.4 Å². The van der Waals surface area contributed by atoms with Gasteiger partial charge in [-0.3, -0.25) is 0 Å². The Hall–Kier alpha value is -1.84. The molecule has 0 aliphatic heterocycles. The van der Waals surface area contributed by atoms with Gasteiger partial charge in [0.05, 0.1) is 0 Å². The highest BCUT2D eigenvalue weighted by Gasteiger charge is 2.03. The lowest BCUT2D eigenvalue weighted by molar-refractivity contribution is 0.820. The lowest BCUT2D eigenvalue weighted by Gasteiger charge is -2.04. The maximum absolute atomic E-state index is 5.66. The number of nitrogens with two attached hydrogens (primary N) is 1. The summed E-state index contributed by atoms with van der Waals surface area (Å²) in [5, 5.41) is 0. The summed E-state index contributed by atoms with van der Waals surface area (Å²) in [6.45, 7) is 1.96. The summed E-state index contributed by atoms with van der Waals surface area (Å²) in [6, 6.07) is 2.05. The predicted molar refractivity (Wildman–Crippen MR) is 59.4 cm³/mol. The molecule has 0 unspecified atom stereocenters. The number of anilines is 1. The maximum atomic E-state index is 5.66. The zero-order chi connectivity index (χ0) is 10.8. The van der Waals surface area contributed by atoms with Crippen molar-refractivity contribution in [2.24, 2.45) is 7.05 Å². The van der Waals surface area contributed by atoms with E-state index in [-0.39, 0.29) is 0 Å². The number of hydrogen-bond acceptors (Lipinski definition) is 3. The van der Waals surface area contributed by atoms with Crippen LogP contribution in [0.4, 0.5) is 5.82 Å². The Morgan fingerprint density at radius 2 is 2.20 bits per heavy atom. The molecule has 0 aromatic carbocycles. The fourth-order valence-electron chi connectivity index (χ4n) is 1.49. The van der Waals surface area contributed by atoms with Crippen LogP contribution < -0.4 is 5.73 Å². The summed E-state index contributed by atoms with van der Waals surface area (Å²) in [5.74, 6) is 1.62. The van der Waals surface area contributed by atoms with Gasteiger partial charge < -0.3 is 10.3 Å². The number of aryl methyl sites for hydroxylation is 2. The first-order chi connectivity index (χ1) is 7.16. The zero-order valence-corrected chi connectivity index (χ0v) is 8.94. The molecule has 78 valence electrons. The molecule has 0 fully saturated rings. The minimum atomic E-state index is 0.596. The second-order valence-electron chi connectivity index (χ2n) is 3.68. The van der Waals surface area contributed by atoms with Gasteiger partial charge in [-0.1, -0.05) is 6.07 Å². The van der Waals surface area contributed by atoms with Crippen LogP contribution in [0.3, 0.4) is 0 Å². The molecule has 0 saturated carbocycles. The molecular weight excluding hydrogens is 188 g/mol. The molecule has 0 saturated heterocycles. The third-order valence-electron chi connectivity index (χ3n) is 2.46. The minimum Gasteiger partial charge on any atom is -0.383 e. The highest BCUT2D eigenvalue weighted by molar-refractivity contribution is 5.40. The summed E-state index contributed by atoms with van der Waals surface area (Å²) in [5.41, 5.74) is 7.81. The average Bonchev–Trinajstić information content (AvgIpc) is 2.59. The van der Waals surface area contributed by atoms with Crippen molar-refractivity contribution in [2.45, 2.75) is 13.3 Å². The van der Waals surface area contributed by atoms with E-state index in [0.29, 0.717) is 5.82 Å². The largest absolute Gasteiger partial charge is 0.383 e. The van der Waals surface area contributed by atoms with Crippen molar-refractivity contribution >= 4 is 5.82 Å². The quantitative estimate of drug-likeness (QED) is 0.798. The summed E-state index contributed by atoms with van der Waals surface area (Å²) in [6.07, 6.45) is 6.33. The third kappa shape index (κ3) is 1.98. The Bertz CT molecular complexity index is 473. The Labute approximate surface area is 88.8 Å². The standard InChI is InChI=1S/C11H14N4/c1-8-5-9(7-14-11(8)12)6-10-13-3-4-15(10)2/h3-5,7H,6H2,1-2H3,(H2,12,14). The molecule has 2 rings (SSSR count). The molecule has 4 nitrogen and oxygen atoms in total. The summed E-state index contributed by atoms with van der Waals surface area (Å²) in [7, 11) is 1.99. The Morgan fingerprint density at radius 1 is 1.40 bits per heavy atom. The summed E-state index contributed by atoms with van der Waals surface area (Å²) < 4.78 is 2.01. The summed E-state index contributed by atoms with van der Waals surface area (Å²) in [4.78, 5) is 8.40. The van der Waals surface area contributed by atoms with Crippen LogP contribution in [-0.4, -0.2) is 14.5 Å². The van der Waals surface area contributed by atoms with Gasteiger partial charge in [0.25, 0.3) is 0 Å². The van der Waals surface area contributed by atoms with Crippen molar-refractivity contribution in [2.75, 3.05) is 5.73 Å². The van der Waals surface area contributed by atoms with Crippen LogP contribution in [0.5, 0.6) is 0 Å². The highest BCUT2D eigenvalue weighted by Crippen LogP contribution is 2.12. The van der Waals surface area contributed by atoms with Crippen molar-refractivity contribution in [3.63, 3.8) is 0 Å². The van der Waals surface area contributed by atoms with Gasteiger partial charge in [0.1, 0.15) is 11.6 Å². The lowest BCUT2D eigenvalue weighted by Crippen LogP contribution is -2.01. The van der Waals surface area contributed by atoms with Gasteiger partial charge in [-0.05, 0) is 18.1 Å². The number of rotatable bonds is 2. The molecule has 0 aliphatic rings. The molecular formula is C11H14N4. The van der Waals surface area contributed by atoms with E-state index in [1.54, 1.807) is 12.4 Å². The molecule has 2 N–H and O–H groups in total. The smallest absolute Gasteiger partial charge is 0.126 e. The fraction of sp³-hybridized carbons (Fsp3) is 0.273. The molecule has 2 heterocycles. The molecule has 0 bridgehead atoms. The van der Waals surface area contributed by atoms with E-state index in [1.807, 2.05) is 24.7 Å². The Balaban J connectivity index is 2.25. The predicted octanol–water partition coefficient (Wildman–Crippen LogP) is 1.30. The first-order valence-corrected chi connectivity index (χ1v) is 4.84. The van der Waals surface area contributed by atoms with Crippen LogP contribution in [0.2, 0.25) is 0 Å². The molecule has 4 heteroatoms. The van der Waals surface area contributed by atoms with E-state index in [2.05, 4.69) is 16.0 Å². The number of nitrogens with zero attached hydrogens (tertiary/aromatic N) is 3. The number of imidazole rings is 1. The molecule has 0 spiro atoms. The van der Waals surface area contributed by atoms with Crippen molar-refractivity contribution in [1.82, 2.24) is 14.5 Å². The van der Waals surface area contributed by atoms with E-state index < -0.39 is 0 Å². The van der Waals surface area contributed by atoms with Gasteiger partial charge in [-0.2, -0.15) is 0 Å². The molecule has 15 heavy (non-hydrogen) atoms. The number of hydrogen-bond donors (Lipinski definition) is 1. The number of pyridine rings is 1. The van der Waals surface area contributed by atoms with Gasteiger partial charge >= 0.3 is 0 Å². The first kappa shape index (κ1) is 9.71. The average molecular weight is 202 g/mol. The van der Waals surface area contributed by atoms with Crippen LogP contribution in [-0.2, 0) is 13.5 Å². The normalized spacial score (nSPS) is 10.5. The lowest BCUT2D eigenvalue weighted by atomic mass is 10.1. The van der Waals surface area contributed by atoms with Crippen molar-refractivity contribution in [3.8, 4) is 0 Å². The van der Waals surface area contributed by atoms with Crippen LogP contribution in [0.1, 0.15) is 17.0 Å². The SMILES string of the molecule is Cc1cc(Cc2nccn2C)cnc1N. The van der Waals surface area contributed by atoms with Crippen LogP contribution in [0.25, 0.3) is 0 Å². The molecule has 2 aromatic rings. The maximum Gasteiger partial charge on any atom is 0.126 e. The van der Waals surface area contributed by atoms with E-state index in [4.69, 9.17) is 5.73 Å². The molecule has 2 aromatic heterocycles. The zero-order valence-electron chi connectivity index (χ0n) is 8.94. The second kappa shape index (κ2) is 3.73. The Morgan fingerprint density at radius 3 is 2.80 bits per heavy atom. The van der Waals surface area contributed by atoms with Crippen LogP contribution >= 0.6 is 0 Å². The van der Waals surface area contributed by atoms with Gasteiger partial charge in [0.2, 0.25) is 0 Å². The van der Waals surface area contributed by atoms with Gasteiger partial charge in [-0.25, -0.2) is 9.97 Å². The first-order valence-electron chi connectivity index (χ1n) is 4.84. The van der Waals surface area contributed by atoms with Gasteiger partial charge in [0, 0.05) is 32.1 Å². The molecule has 0 aliphatic carbocycles. The topological polar surface area (TPSA) is 56.7 Å². The van der Waals surface area contributed by atoms with Crippen LogP contribution in [0.15, 0.2) is 24.7 Å². The van der Waals surface area contributed by atoms with E-state index >= 15 is 0 Å². The van der Waals surface area contributed by atoms with E-state index in [9.17, 15) is 0 Å². The number of aromatic nitrogens is 3. The Kier molecular flexibility index (Phi) is 2.41. The van der Waals surface area contributed by atoms with E-state index in [1.165, 1.54) is 0 Å². The second-order valence-corrected chi connectivity index (χ2v) is 3.68. The summed E-state index contributed by atoms with van der Waals surface area (Å²) >= 11 is 0. The van der Waals surface area contributed by atoms with Crippen molar-refractivity contribution in [1.29, 1.82) is 0 Å². The van der Waals surface area contributed by atoms with Crippen molar-refractivity contribution in [3.05, 3.63) is 41.6 Å². The van der Waals surface area contributed by atoms with Crippen molar-refractivity contribution < 1.29 is 0 Å². The molecule has 0 atom stereocenters. The molecule has 0 amide bonds. The minimum absolute atomic E-state index is 0.596. The van der Waals surface area contributed by atoms with Gasteiger partial charge in [0.15, 0.2) is 0 Å². The third-order valence-corrected chi connectivity index (χ3v) is 2.46.